The van der Waals surface area contributed by atoms with Crippen molar-refractivity contribution in [1.82, 2.24) is 9.88 Å². The van der Waals surface area contributed by atoms with Gasteiger partial charge in [-0.25, -0.2) is 4.98 Å². The number of aromatic nitrogens is 1. The molecule has 0 radical (unpaired) electrons. The van der Waals surface area contributed by atoms with Gasteiger partial charge in [0.1, 0.15) is 5.75 Å². The van der Waals surface area contributed by atoms with E-state index >= 15 is 0 Å². The van der Waals surface area contributed by atoms with Crippen LogP contribution in [0.4, 0.5) is 0 Å². The minimum atomic E-state index is -0.500. The highest BCUT2D eigenvalue weighted by atomic mass is 16.5. The number of amides is 1. The van der Waals surface area contributed by atoms with E-state index < -0.39 is 5.91 Å². The first-order chi connectivity index (χ1) is 16.5. The largest absolute Gasteiger partial charge is 0.439 e. The number of hydrogen-bond acceptors (Lipinski definition) is 4. The Morgan fingerprint density at radius 3 is 2.38 bits per heavy atom. The van der Waals surface area contributed by atoms with Crippen molar-refractivity contribution >= 4 is 5.91 Å². The molecule has 5 nitrogen and oxygen atoms in total. The molecule has 1 saturated heterocycles. The number of pyridine rings is 1. The Morgan fingerprint density at radius 2 is 1.79 bits per heavy atom. The van der Waals surface area contributed by atoms with E-state index in [0.29, 0.717) is 23.3 Å². The van der Waals surface area contributed by atoms with Gasteiger partial charge in [0, 0.05) is 24.7 Å². The first-order valence-corrected chi connectivity index (χ1v) is 11.9. The number of nitrogens with zero attached hydrogens (tertiary/aromatic N) is 2. The molecule has 2 aromatic carbocycles. The lowest BCUT2D eigenvalue weighted by Gasteiger charge is -2.36. The highest BCUT2D eigenvalue weighted by Crippen LogP contribution is 2.37. The molecule has 0 spiro atoms. The van der Waals surface area contributed by atoms with Crippen LogP contribution in [0.2, 0.25) is 0 Å². The van der Waals surface area contributed by atoms with Gasteiger partial charge in [0.05, 0.1) is 5.56 Å². The number of carbonyl (C=O) groups is 1. The van der Waals surface area contributed by atoms with Crippen molar-refractivity contribution < 1.29 is 9.53 Å². The van der Waals surface area contributed by atoms with Crippen LogP contribution in [0.5, 0.6) is 11.6 Å². The lowest BCUT2D eigenvalue weighted by molar-refractivity contribution is 0.1000. The van der Waals surface area contributed by atoms with E-state index in [-0.39, 0.29) is 0 Å². The van der Waals surface area contributed by atoms with Gasteiger partial charge < -0.3 is 15.4 Å². The highest BCUT2D eigenvalue weighted by molar-refractivity contribution is 5.92. The molecule has 1 aliphatic rings. The number of piperidine rings is 1. The maximum atomic E-state index is 11.1. The number of hydrogen-bond donors (Lipinski definition) is 1. The predicted octanol–water partition coefficient (Wildman–Crippen LogP) is 5.59. The molecule has 176 valence electrons. The second-order valence-electron chi connectivity index (χ2n) is 9.16. The fourth-order valence-corrected chi connectivity index (χ4v) is 4.85. The van der Waals surface area contributed by atoms with Crippen molar-refractivity contribution in [3.05, 3.63) is 102 Å². The molecule has 4 rings (SSSR count). The van der Waals surface area contributed by atoms with Gasteiger partial charge in [-0.05, 0) is 74.5 Å². The normalized spacial score (nSPS) is 15.6. The average Bonchev–Trinajstić information content (AvgIpc) is 2.85. The summed E-state index contributed by atoms with van der Waals surface area (Å²) in [6, 6.07) is 22.2. The van der Waals surface area contributed by atoms with Gasteiger partial charge in [-0.15, -0.1) is 0 Å². The summed E-state index contributed by atoms with van der Waals surface area (Å²) in [5, 5.41) is 0. The summed E-state index contributed by atoms with van der Waals surface area (Å²) >= 11 is 0. The topological polar surface area (TPSA) is 68.5 Å². The van der Waals surface area contributed by atoms with E-state index in [0.717, 1.165) is 31.8 Å². The molecular formula is C29H33N3O2. The molecule has 0 bridgehead atoms. The maximum absolute atomic E-state index is 11.1. The van der Waals surface area contributed by atoms with Crippen molar-refractivity contribution in [2.45, 2.75) is 32.1 Å². The van der Waals surface area contributed by atoms with Gasteiger partial charge in [-0.1, -0.05) is 54.6 Å². The number of ether oxygens (including phenoxy) is 1. The summed E-state index contributed by atoms with van der Waals surface area (Å²) in [6.45, 7) is 9.80. The monoisotopic (exact) mass is 455 g/mol. The van der Waals surface area contributed by atoms with Crippen LogP contribution in [0.15, 0.2) is 85.1 Å². The van der Waals surface area contributed by atoms with Crippen LogP contribution in [0.3, 0.4) is 0 Å². The SMILES string of the molecule is C=C(C)C(c1ccccc1)C1CCN(CCc2ccc(Oc3ccc(C(N)=O)cn3)cc2)CC1. The number of nitrogens with two attached hydrogens (primary N) is 1. The second-order valence-corrected chi connectivity index (χ2v) is 9.16. The van der Waals surface area contributed by atoms with E-state index in [9.17, 15) is 4.79 Å². The molecule has 1 unspecified atom stereocenters. The van der Waals surface area contributed by atoms with E-state index in [1.807, 2.05) is 12.1 Å². The van der Waals surface area contributed by atoms with Crippen molar-refractivity contribution in [2.75, 3.05) is 19.6 Å². The Kier molecular flexibility index (Phi) is 7.76. The van der Waals surface area contributed by atoms with E-state index in [2.05, 4.69) is 65.9 Å². The number of primary amides is 1. The van der Waals surface area contributed by atoms with Gasteiger partial charge in [-0.2, -0.15) is 0 Å². The molecule has 0 aliphatic carbocycles. The van der Waals surface area contributed by atoms with E-state index in [4.69, 9.17) is 10.5 Å². The van der Waals surface area contributed by atoms with Crippen LogP contribution in [-0.2, 0) is 6.42 Å². The van der Waals surface area contributed by atoms with Crippen LogP contribution in [0.25, 0.3) is 0 Å². The van der Waals surface area contributed by atoms with Crippen molar-refractivity contribution in [1.29, 1.82) is 0 Å². The Labute approximate surface area is 202 Å². The third-order valence-corrected chi connectivity index (χ3v) is 6.68. The molecule has 1 aromatic heterocycles. The Bertz CT molecular complexity index is 1090. The van der Waals surface area contributed by atoms with Gasteiger partial charge in [0.25, 0.3) is 0 Å². The molecule has 34 heavy (non-hydrogen) atoms. The Morgan fingerprint density at radius 1 is 1.09 bits per heavy atom. The first-order valence-electron chi connectivity index (χ1n) is 11.9. The Balaban J connectivity index is 1.25. The molecular weight excluding hydrogens is 422 g/mol. The summed E-state index contributed by atoms with van der Waals surface area (Å²) in [7, 11) is 0. The number of likely N-dealkylation sites (tertiary alicyclic amines) is 1. The number of allylic oxidation sites excluding steroid dienone is 1. The average molecular weight is 456 g/mol. The van der Waals surface area contributed by atoms with Gasteiger partial charge in [0.2, 0.25) is 11.8 Å². The number of carbonyl (C=O) groups excluding carboxylic acids is 1. The molecule has 1 fully saturated rings. The van der Waals surface area contributed by atoms with Crippen LogP contribution in [0.1, 0.15) is 47.2 Å². The molecule has 1 aliphatic heterocycles. The van der Waals surface area contributed by atoms with E-state index in [1.165, 1.54) is 35.7 Å². The lowest BCUT2D eigenvalue weighted by atomic mass is 9.76. The summed E-state index contributed by atoms with van der Waals surface area (Å²) in [5.74, 6) is 1.77. The molecule has 3 aromatic rings. The third kappa shape index (κ3) is 6.12. The van der Waals surface area contributed by atoms with E-state index in [1.54, 1.807) is 12.1 Å². The fourth-order valence-electron chi connectivity index (χ4n) is 4.85. The molecule has 0 saturated carbocycles. The zero-order valence-corrected chi connectivity index (χ0v) is 19.8. The molecule has 2 N–H and O–H groups in total. The van der Waals surface area contributed by atoms with Crippen molar-refractivity contribution in [3.63, 3.8) is 0 Å². The van der Waals surface area contributed by atoms with Gasteiger partial charge in [0.15, 0.2) is 0 Å². The summed E-state index contributed by atoms with van der Waals surface area (Å²) in [4.78, 5) is 17.9. The number of benzene rings is 2. The first kappa shape index (κ1) is 23.7. The summed E-state index contributed by atoms with van der Waals surface area (Å²) < 4.78 is 5.77. The lowest BCUT2D eigenvalue weighted by Crippen LogP contribution is -2.37. The Hall–Kier alpha value is -3.44. The van der Waals surface area contributed by atoms with Crippen molar-refractivity contribution in [2.24, 2.45) is 11.7 Å². The quantitative estimate of drug-likeness (QED) is 0.427. The van der Waals surface area contributed by atoms with Crippen LogP contribution in [0, 0.1) is 5.92 Å². The molecule has 2 heterocycles. The smallest absolute Gasteiger partial charge is 0.250 e. The number of rotatable bonds is 9. The zero-order valence-electron chi connectivity index (χ0n) is 19.8. The van der Waals surface area contributed by atoms with Crippen LogP contribution in [-0.4, -0.2) is 35.4 Å². The van der Waals surface area contributed by atoms with Crippen molar-refractivity contribution in [3.8, 4) is 11.6 Å². The predicted molar refractivity (Wildman–Crippen MR) is 136 cm³/mol. The minimum absolute atomic E-state index is 0.363. The highest BCUT2D eigenvalue weighted by Gasteiger charge is 2.27. The summed E-state index contributed by atoms with van der Waals surface area (Å²) in [6.07, 6.45) is 4.86. The zero-order chi connectivity index (χ0) is 23.9. The second kappa shape index (κ2) is 11.1. The fraction of sp³-hybridized carbons (Fsp3) is 0.310. The van der Waals surface area contributed by atoms with Gasteiger partial charge in [-0.3, -0.25) is 4.79 Å². The minimum Gasteiger partial charge on any atom is -0.439 e. The molecule has 1 amide bonds. The molecule has 5 heteroatoms. The molecule has 1 atom stereocenters. The maximum Gasteiger partial charge on any atom is 0.250 e. The third-order valence-electron chi connectivity index (χ3n) is 6.68. The van der Waals surface area contributed by atoms with Gasteiger partial charge >= 0.3 is 0 Å². The van der Waals surface area contributed by atoms with Crippen LogP contribution >= 0.6 is 0 Å². The standard InChI is InChI=1S/C29H33N3O2/c1-21(2)28(23-6-4-3-5-7-23)24-15-18-32(19-16-24)17-14-22-8-11-26(12-9-22)34-27-13-10-25(20-31-27)29(30)33/h3-13,20,24,28H,1,14-19H2,2H3,(H2,30,33). The summed E-state index contributed by atoms with van der Waals surface area (Å²) in [5.41, 5.74) is 9.56. The van der Waals surface area contributed by atoms with Crippen LogP contribution < -0.4 is 10.5 Å².